The van der Waals surface area contributed by atoms with Crippen molar-refractivity contribution in [1.82, 2.24) is 5.32 Å². The highest BCUT2D eigenvalue weighted by Gasteiger charge is 2.28. The van der Waals surface area contributed by atoms with E-state index in [1.807, 2.05) is 0 Å². The van der Waals surface area contributed by atoms with E-state index in [0.29, 0.717) is 12.8 Å². The van der Waals surface area contributed by atoms with Crippen LogP contribution < -0.4 is 5.32 Å². The molecule has 340 valence electrons. The topological polar surface area (TPSA) is 169 Å². The van der Waals surface area contributed by atoms with Gasteiger partial charge in [-0.2, -0.15) is 0 Å². The number of carboxylic acids is 1. The van der Waals surface area contributed by atoms with Gasteiger partial charge in [-0.1, -0.05) is 167 Å². The van der Waals surface area contributed by atoms with Crippen LogP contribution in [0, 0.1) is 0 Å². The van der Waals surface area contributed by atoms with Gasteiger partial charge in [-0.15, -0.1) is 0 Å². The number of rotatable bonds is 44. The highest BCUT2D eigenvalue weighted by atomic mass is 31.2. The van der Waals surface area contributed by atoms with E-state index in [0.717, 1.165) is 57.8 Å². The summed E-state index contributed by atoms with van der Waals surface area (Å²) in [5, 5.41) is 21.9. The number of carbonyl (C=O) groups is 3. The predicted molar refractivity (Wildman–Crippen MR) is 236 cm³/mol. The lowest BCUT2D eigenvalue weighted by Crippen LogP contribution is -2.43. The number of nitrogens with one attached hydrogen (secondary N) is 1. The van der Waals surface area contributed by atoms with Gasteiger partial charge in [0.2, 0.25) is 5.91 Å². The number of phosphoric ester groups is 1. The number of esters is 1. The minimum atomic E-state index is -4.76. The summed E-state index contributed by atoms with van der Waals surface area (Å²) in [6.45, 7) is 2.59. The second-order valence-corrected chi connectivity index (χ2v) is 17.4. The lowest BCUT2D eigenvalue weighted by Gasteiger charge is -2.18. The standard InChI is InChI=1S/C46H86NO10P/c1-3-5-7-9-11-13-15-17-19-20-21-22-24-25-27-29-31-33-35-37-44(49)47-43(46(51)52)41-57-58(53,54)56-40-42(48)39-55-45(50)38-36-34-32-30-28-26-23-18-16-14-12-10-8-6-4-2/h17-19,23,42-43,48H,3-16,20-22,24-41H2,1-2H3,(H,47,49)(H,51,52)(H,53,54)/b19-17+,23-18-. The van der Waals surface area contributed by atoms with Crippen molar-refractivity contribution in [2.45, 2.75) is 231 Å². The van der Waals surface area contributed by atoms with E-state index in [1.54, 1.807) is 0 Å². The molecule has 0 radical (unpaired) electrons. The second kappa shape index (κ2) is 41.7. The normalized spacial score (nSPS) is 13.9. The molecular weight excluding hydrogens is 757 g/mol. The molecule has 0 aliphatic heterocycles. The summed E-state index contributed by atoms with van der Waals surface area (Å²) < 4.78 is 26.9. The highest BCUT2D eigenvalue weighted by molar-refractivity contribution is 7.47. The molecule has 0 bridgehead atoms. The Kier molecular flexibility index (Phi) is 40.2. The molecular formula is C46H86NO10P. The van der Waals surface area contributed by atoms with Gasteiger partial charge in [-0.05, 0) is 64.2 Å². The number of hydrogen-bond acceptors (Lipinski definition) is 8. The fourth-order valence-corrected chi connectivity index (χ4v) is 7.31. The van der Waals surface area contributed by atoms with Crippen LogP contribution in [0.3, 0.4) is 0 Å². The molecule has 0 rings (SSSR count). The third-order valence-corrected chi connectivity index (χ3v) is 11.2. The first kappa shape index (κ1) is 56.0. The molecule has 58 heavy (non-hydrogen) atoms. The zero-order valence-corrected chi connectivity index (χ0v) is 37.8. The molecule has 0 heterocycles. The molecule has 0 spiro atoms. The Morgan fingerprint density at radius 2 is 0.897 bits per heavy atom. The van der Waals surface area contributed by atoms with Gasteiger partial charge >= 0.3 is 19.8 Å². The van der Waals surface area contributed by atoms with E-state index in [1.165, 1.54) is 122 Å². The SMILES string of the molecule is CCCCCCCC/C=C\CCCCCCCC(=O)OCC(O)COP(=O)(O)OCC(NC(=O)CCCCCCCCCCC/C=C/CCCCCCCC)C(=O)O. The van der Waals surface area contributed by atoms with E-state index in [4.69, 9.17) is 13.8 Å². The number of phosphoric acid groups is 1. The monoisotopic (exact) mass is 844 g/mol. The van der Waals surface area contributed by atoms with Gasteiger partial charge in [0.15, 0.2) is 6.04 Å². The maximum atomic E-state index is 12.3. The Morgan fingerprint density at radius 3 is 1.31 bits per heavy atom. The van der Waals surface area contributed by atoms with Crippen LogP contribution in [0.15, 0.2) is 24.3 Å². The average molecular weight is 844 g/mol. The number of aliphatic hydroxyl groups excluding tert-OH is 1. The first-order valence-corrected chi connectivity index (χ1v) is 24.9. The fraction of sp³-hybridized carbons (Fsp3) is 0.848. The van der Waals surface area contributed by atoms with Crippen molar-refractivity contribution in [2.24, 2.45) is 0 Å². The van der Waals surface area contributed by atoms with Gasteiger partial charge in [0.1, 0.15) is 12.7 Å². The van der Waals surface area contributed by atoms with Gasteiger partial charge in [0.25, 0.3) is 0 Å². The van der Waals surface area contributed by atoms with Crippen molar-refractivity contribution >= 4 is 25.7 Å². The Hall–Kier alpha value is -2.04. The second-order valence-electron chi connectivity index (χ2n) is 15.9. The molecule has 0 saturated heterocycles. The van der Waals surface area contributed by atoms with E-state index >= 15 is 0 Å². The molecule has 0 aromatic rings. The Labute approximate surface area is 353 Å². The minimum Gasteiger partial charge on any atom is -0.480 e. The maximum Gasteiger partial charge on any atom is 0.472 e. The minimum absolute atomic E-state index is 0.144. The van der Waals surface area contributed by atoms with Gasteiger partial charge in [-0.3, -0.25) is 18.6 Å². The van der Waals surface area contributed by atoms with Crippen LogP contribution in [-0.2, 0) is 32.7 Å². The quantitative estimate of drug-likeness (QED) is 0.0200. The molecule has 0 fully saturated rings. The largest absolute Gasteiger partial charge is 0.480 e. The van der Waals surface area contributed by atoms with Crippen molar-refractivity contribution in [3.05, 3.63) is 24.3 Å². The number of carboxylic acid groups (broad SMARTS) is 1. The number of amides is 1. The number of carbonyl (C=O) groups excluding carboxylic acids is 2. The third-order valence-electron chi connectivity index (χ3n) is 10.2. The summed E-state index contributed by atoms with van der Waals surface area (Å²) in [6.07, 6.45) is 43.4. The molecule has 4 N–H and O–H groups in total. The third kappa shape index (κ3) is 40.7. The van der Waals surface area contributed by atoms with E-state index in [-0.39, 0.29) is 12.8 Å². The van der Waals surface area contributed by atoms with Crippen LogP contribution in [-0.4, -0.2) is 64.9 Å². The summed E-state index contributed by atoms with van der Waals surface area (Å²) in [6, 6.07) is -1.55. The molecule has 3 unspecified atom stereocenters. The Bertz CT molecular complexity index is 1080. The molecule has 12 heteroatoms. The van der Waals surface area contributed by atoms with E-state index in [2.05, 4.69) is 43.5 Å². The van der Waals surface area contributed by atoms with Gasteiger partial charge in [0, 0.05) is 12.8 Å². The predicted octanol–water partition coefficient (Wildman–Crippen LogP) is 12.2. The molecule has 0 aromatic heterocycles. The van der Waals surface area contributed by atoms with Crippen LogP contribution in [0.4, 0.5) is 0 Å². The van der Waals surface area contributed by atoms with Crippen LogP contribution >= 0.6 is 7.82 Å². The van der Waals surface area contributed by atoms with E-state index < -0.39 is 57.6 Å². The Morgan fingerprint density at radius 1 is 0.534 bits per heavy atom. The van der Waals surface area contributed by atoms with Crippen molar-refractivity contribution in [1.29, 1.82) is 0 Å². The van der Waals surface area contributed by atoms with Crippen LogP contribution in [0.1, 0.15) is 219 Å². The lowest BCUT2D eigenvalue weighted by atomic mass is 10.1. The molecule has 11 nitrogen and oxygen atoms in total. The molecule has 3 atom stereocenters. The molecule has 0 aliphatic carbocycles. The summed E-state index contributed by atoms with van der Waals surface area (Å²) in [5.74, 6) is -2.38. The molecule has 0 aromatic carbocycles. The van der Waals surface area contributed by atoms with Crippen molar-refractivity contribution in [2.75, 3.05) is 19.8 Å². The molecule has 1 amide bonds. The number of allylic oxidation sites excluding steroid dienone is 4. The number of hydrogen-bond donors (Lipinski definition) is 4. The Balaban J connectivity index is 3.88. The van der Waals surface area contributed by atoms with Crippen molar-refractivity contribution in [3.8, 4) is 0 Å². The van der Waals surface area contributed by atoms with Gasteiger partial charge < -0.3 is 25.2 Å². The average Bonchev–Trinajstić information content (AvgIpc) is 3.20. The van der Waals surface area contributed by atoms with Crippen LogP contribution in [0.2, 0.25) is 0 Å². The lowest BCUT2D eigenvalue weighted by molar-refractivity contribution is -0.147. The van der Waals surface area contributed by atoms with Crippen molar-refractivity contribution in [3.63, 3.8) is 0 Å². The fourth-order valence-electron chi connectivity index (χ4n) is 6.54. The summed E-state index contributed by atoms with van der Waals surface area (Å²) >= 11 is 0. The van der Waals surface area contributed by atoms with Gasteiger partial charge in [-0.25, -0.2) is 9.36 Å². The maximum absolute atomic E-state index is 12.3. The first-order valence-electron chi connectivity index (χ1n) is 23.4. The number of unbranched alkanes of at least 4 members (excludes halogenated alkanes) is 26. The summed E-state index contributed by atoms with van der Waals surface area (Å²) in [7, 11) is -4.76. The van der Waals surface area contributed by atoms with Crippen LogP contribution in [0.5, 0.6) is 0 Å². The first-order chi connectivity index (χ1) is 28.1. The van der Waals surface area contributed by atoms with Crippen molar-refractivity contribution < 1.29 is 47.8 Å². The number of aliphatic carboxylic acids is 1. The molecule has 0 saturated carbocycles. The number of ether oxygens (including phenoxy) is 1. The van der Waals surface area contributed by atoms with Gasteiger partial charge in [0.05, 0.1) is 13.2 Å². The van der Waals surface area contributed by atoms with E-state index in [9.17, 15) is 34.1 Å². The summed E-state index contributed by atoms with van der Waals surface area (Å²) in [5.41, 5.74) is 0. The smallest absolute Gasteiger partial charge is 0.472 e. The highest BCUT2D eigenvalue weighted by Crippen LogP contribution is 2.43. The zero-order chi connectivity index (χ0) is 42.8. The summed E-state index contributed by atoms with van der Waals surface area (Å²) in [4.78, 5) is 46.0. The zero-order valence-electron chi connectivity index (χ0n) is 36.9. The number of aliphatic hydroxyl groups is 1. The molecule has 0 aliphatic rings. The van der Waals surface area contributed by atoms with Crippen LogP contribution in [0.25, 0.3) is 0 Å².